The second-order valence-electron chi connectivity index (χ2n) is 6.14. The van der Waals surface area contributed by atoms with Crippen LogP contribution in [0.1, 0.15) is 23.1 Å². The van der Waals surface area contributed by atoms with E-state index in [0.717, 1.165) is 25.1 Å². The van der Waals surface area contributed by atoms with Crippen LogP contribution in [0.2, 0.25) is 0 Å². The highest BCUT2D eigenvalue weighted by molar-refractivity contribution is 5.46. The standard InChI is InChI=1S/C19H24N2/c1-21(12-11-15-5-3-2-4-6-15)19-10-8-16-7-9-18(20)13-17(16)14-19/h2-7,9,13,19H,8,10-12,14,20H2,1H3. The molecule has 0 aliphatic heterocycles. The lowest BCUT2D eigenvalue weighted by atomic mass is 9.87. The fraction of sp³-hybridized carbons (Fsp3) is 0.368. The number of nitrogens with zero attached hydrogens (tertiary/aromatic N) is 1. The molecule has 0 saturated carbocycles. The van der Waals surface area contributed by atoms with Gasteiger partial charge in [-0.15, -0.1) is 0 Å². The first-order valence-electron chi connectivity index (χ1n) is 7.84. The normalized spacial score (nSPS) is 17.7. The molecule has 1 aliphatic carbocycles. The van der Waals surface area contributed by atoms with E-state index in [-0.39, 0.29) is 0 Å². The zero-order valence-electron chi connectivity index (χ0n) is 12.8. The highest BCUT2D eigenvalue weighted by atomic mass is 15.1. The fourth-order valence-corrected chi connectivity index (χ4v) is 3.27. The first-order valence-corrected chi connectivity index (χ1v) is 7.84. The number of fused-ring (bicyclic) bond motifs is 1. The van der Waals surface area contributed by atoms with Crippen molar-refractivity contribution in [3.63, 3.8) is 0 Å². The molecule has 2 nitrogen and oxygen atoms in total. The van der Waals surface area contributed by atoms with E-state index in [1.54, 1.807) is 0 Å². The molecule has 2 aromatic rings. The van der Waals surface area contributed by atoms with E-state index in [4.69, 9.17) is 5.73 Å². The number of hydrogen-bond donors (Lipinski definition) is 1. The SMILES string of the molecule is CN(CCc1ccccc1)C1CCc2ccc(N)cc2C1. The van der Waals surface area contributed by atoms with E-state index in [0.29, 0.717) is 6.04 Å². The van der Waals surface area contributed by atoms with Gasteiger partial charge in [0.1, 0.15) is 0 Å². The number of benzene rings is 2. The zero-order valence-corrected chi connectivity index (χ0v) is 12.8. The molecule has 1 unspecified atom stereocenters. The van der Waals surface area contributed by atoms with Gasteiger partial charge in [-0.2, -0.15) is 0 Å². The first-order chi connectivity index (χ1) is 10.2. The van der Waals surface area contributed by atoms with Crippen molar-refractivity contribution in [2.45, 2.75) is 31.7 Å². The predicted octanol–water partition coefficient (Wildman–Crippen LogP) is 3.30. The summed E-state index contributed by atoms with van der Waals surface area (Å²) >= 11 is 0. The van der Waals surface area contributed by atoms with Gasteiger partial charge >= 0.3 is 0 Å². The molecular formula is C19H24N2. The molecule has 0 saturated heterocycles. The van der Waals surface area contributed by atoms with E-state index in [1.165, 1.54) is 29.5 Å². The maximum Gasteiger partial charge on any atom is 0.0316 e. The minimum absolute atomic E-state index is 0.642. The summed E-state index contributed by atoms with van der Waals surface area (Å²) in [6.45, 7) is 1.12. The van der Waals surface area contributed by atoms with Crippen molar-refractivity contribution < 1.29 is 0 Å². The van der Waals surface area contributed by atoms with E-state index in [1.807, 2.05) is 6.07 Å². The smallest absolute Gasteiger partial charge is 0.0316 e. The largest absolute Gasteiger partial charge is 0.399 e. The van der Waals surface area contributed by atoms with Gasteiger partial charge in [-0.05, 0) is 61.6 Å². The van der Waals surface area contributed by atoms with Crippen LogP contribution < -0.4 is 5.73 Å². The summed E-state index contributed by atoms with van der Waals surface area (Å²) in [5.74, 6) is 0. The van der Waals surface area contributed by atoms with E-state index >= 15 is 0 Å². The quantitative estimate of drug-likeness (QED) is 0.871. The average molecular weight is 280 g/mol. The molecule has 0 bridgehead atoms. The Balaban J connectivity index is 1.60. The summed E-state index contributed by atoms with van der Waals surface area (Å²) in [5.41, 5.74) is 11.2. The van der Waals surface area contributed by atoms with Crippen LogP contribution in [0.15, 0.2) is 48.5 Å². The molecule has 21 heavy (non-hydrogen) atoms. The van der Waals surface area contributed by atoms with Crippen LogP contribution in [0.25, 0.3) is 0 Å². The molecule has 2 N–H and O–H groups in total. The number of aryl methyl sites for hydroxylation is 1. The number of hydrogen-bond acceptors (Lipinski definition) is 2. The zero-order chi connectivity index (χ0) is 14.7. The Bertz CT molecular complexity index is 592. The van der Waals surface area contributed by atoms with Gasteiger partial charge in [0.05, 0.1) is 0 Å². The van der Waals surface area contributed by atoms with Crippen LogP contribution in [0.4, 0.5) is 5.69 Å². The minimum atomic E-state index is 0.642. The van der Waals surface area contributed by atoms with Crippen LogP contribution >= 0.6 is 0 Å². The summed E-state index contributed by atoms with van der Waals surface area (Å²) < 4.78 is 0. The summed E-state index contributed by atoms with van der Waals surface area (Å²) in [4.78, 5) is 2.51. The fourth-order valence-electron chi connectivity index (χ4n) is 3.27. The van der Waals surface area contributed by atoms with Crippen molar-refractivity contribution in [2.75, 3.05) is 19.3 Å². The van der Waals surface area contributed by atoms with Gasteiger partial charge in [0.15, 0.2) is 0 Å². The van der Waals surface area contributed by atoms with Crippen molar-refractivity contribution in [3.8, 4) is 0 Å². The summed E-state index contributed by atoms with van der Waals surface area (Å²) in [6.07, 6.45) is 4.68. The third-order valence-corrected chi connectivity index (χ3v) is 4.65. The van der Waals surface area contributed by atoms with Crippen LogP contribution in [0.3, 0.4) is 0 Å². The molecule has 0 fully saturated rings. The number of nitrogens with two attached hydrogens (primary N) is 1. The molecular weight excluding hydrogens is 256 g/mol. The second-order valence-corrected chi connectivity index (χ2v) is 6.14. The Morgan fingerprint density at radius 3 is 2.71 bits per heavy atom. The van der Waals surface area contributed by atoms with Crippen LogP contribution in [0.5, 0.6) is 0 Å². The lowest BCUT2D eigenvalue weighted by Crippen LogP contribution is -2.37. The van der Waals surface area contributed by atoms with Crippen molar-refractivity contribution in [1.29, 1.82) is 0 Å². The Kier molecular flexibility index (Phi) is 4.26. The monoisotopic (exact) mass is 280 g/mol. The summed E-state index contributed by atoms with van der Waals surface area (Å²) in [7, 11) is 2.25. The molecule has 3 rings (SSSR count). The molecule has 1 aliphatic rings. The third kappa shape index (κ3) is 3.45. The van der Waals surface area contributed by atoms with Crippen molar-refractivity contribution >= 4 is 5.69 Å². The lowest BCUT2D eigenvalue weighted by molar-refractivity contribution is 0.224. The number of nitrogen functional groups attached to an aromatic ring is 1. The maximum absolute atomic E-state index is 5.92. The second kappa shape index (κ2) is 6.31. The Labute approximate surface area is 127 Å². The Morgan fingerprint density at radius 1 is 1.10 bits per heavy atom. The third-order valence-electron chi connectivity index (χ3n) is 4.65. The van der Waals surface area contributed by atoms with Crippen LogP contribution in [-0.2, 0) is 19.3 Å². The number of rotatable bonds is 4. The molecule has 0 spiro atoms. The van der Waals surface area contributed by atoms with E-state index in [2.05, 4.69) is 54.4 Å². The highest BCUT2D eigenvalue weighted by Gasteiger charge is 2.21. The van der Waals surface area contributed by atoms with Crippen LogP contribution in [0, 0.1) is 0 Å². The Hall–Kier alpha value is -1.80. The Morgan fingerprint density at radius 2 is 1.90 bits per heavy atom. The van der Waals surface area contributed by atoms with Crippen LogP contribution in [-0.4, -0.2) is 24.5 Å². The molecule has 0 amide bonds. The first kappa shape index (κ1) is 14.2. The van der Waals surface area contributed by atoms with Gasteiger partial charge < -0.3 is 10.6 Å². The van der Waals surface area contributed by atoms with Gasteiger partial charge in [-0.3, -0.25) is 0 Å². The molecule has 2 aromatic carbocycles. The minimum Gasteiger partial charge on any atom is -0.399 e. The van der Waals surface area contributed by atoms with Gasteiger partial charge in [-0.25, -0.2) is 0 Å². The highest BCUT2D eigenvalue weighted by Crippen LogP contribution is 2.25. The molecule has 0 aromatic heterocycles. The summed E-state index contributed by atoms with van der Waals surface area (Å²) in [5, 5.41) is 0. The van der Waals surface area contributed by atoms with Gasteiger partial charge in [0, 0.05) is 18.3 Å². The predicted molar refractivity (Wildman–Crippen MR) is 89.4 cm³/mol. The van der Waals surface area contributed by atoms with Gasteiger partial charge in [0.25, 0.3) is 0 Å². The topological polar surface area (TPSA) is 29.3 Å². The van der Waals surface area contributed by atoms with Crippen molar-refractivity contribution in [1.82, 2.24) is 4.90 Å². The molecule has 2 heteroatoms. The van der Waals surface area contributed by atoms with Gasteiger partial charge in [0.2, 0.25) is 0 Å². The molecule has 0 heterocycles. The number of likely N-dealkylation sites (N-methyl/N-ethyl adjacent to an activating group) is 1. The van der Waals surface area contributed by atoms with Gasteiger partial charge in [-0.1, -0.05) is 36.4 Å². The van der Waals surface area contributed by atoms with E-state index < -0.39 is 0 Å². The molecule has 0 radical (unpaired) electrons. The van der Waals surface area contributed by atoms with E-state index in [9.17, 15) is 0 Å². The molecule has 1 atom stereocenters. The van der Waals surface area contributed by atoms with Crippen molar-refractivity contribution in [2.24, 2.45) is 0 Å². The lowest BCUT2D eigenvalue weighted by Gasteiger charge is -2.32. The van der Waals surface area contributed by atoms with Crippen molar-refractivity contribution in [3.05, 3.63) is 65.2 Å². The average Bonchev–Trinajstić information content (AvgIpc) is 2.53. The maximum atomic E-state index is 5.92. The number of anilines is 1. The summed E-state index contributed by atoms with van der Waals surface area (Å²) in [6, 6.07) is 17.8. The molecule has 110 valence electrons.